The lowest BCUT2D eigenvalue weighted by Gasteiger charge is -2.37. The van der Waals surface area contributed by atoms with E-state index in [1.807, 2.05) is 18.3 Å². The molecule has 1 saturated carbocycles. The zero-order valence-corrected chi connectivity index (χ0v) is 18.1. The van der Waals surface area contributed by atoms with Crippen LogP contribution in [-0.2, 0) is 11.2 Å². The highest BCUT2D eigenvalue weighted by atomic mass is 16.5. The Morgan fingerprint density at radius 3 is 2.60 bits per heavy atom. The van der Waals surface area contributed by atoms with Gasteiger partial charge in [0.25, 0.3) is 0 Å². The SMILES string of the molecule is CCOC1CCC(Cc2c(C)cc(C)c3[nH]ccc23)C(c2ccc(C(=O)O)cc2)C1. The lowest BCUT2D eigenvalue weighted by molar-refractivity contribution is 0.0174. The molecule has 0 radical (unpaired) electrons. The van der Waals surface area contributed by atoms with Crippen LogP contribution in [0.25, 0.3) is 10.9 Å². The van der Waals surface area contributed by atoms with E-state index < -0.39 is 5.97 Å². The molecule has 0 aliphatic heterocycles. The minimum absolute atomic E-state index is 0.279. The van der Waals surface area contributed by atoms with E-state index in [0.29, 0.717) is 17.4 Å². The van der Waals surface area contributed by atoms with Crippen LogP contribution < -0.4 is 0 Å². The van der Waals surface area contributed by atoms with Crippen molar-refractivity contribution in [3.8, 4) is 0 Å². The van der Waals surface area contributed by atoms with E-state index in [-0.39, 0.29) is 6.10 Å². The Morgan fingerprint density at radius 2 is 1.90 bits per heavy atom. The Kier molecular flexibility index (Phi) is 5.96. The Morgan fingerprint density at radius 1 is 1.13 bits per heavy atom. The molecule has 0 amide bonds. The number of carbonyl (C=O) groups is 1. The third-order valence-corrected chi connectivity index (χ3v) is 6.78. The van der Waals surface area contributed by atoms with Gasteiger partial charge in [-0.2, -0.15) is 0 Å². The van der Waals surface area contributed by atoms with Gasteiger partial charge in [-0.1, -0.05) is 18.2 Å². The van der Waals surface area contributed by atoms with Gasteiger partial charge in [0.1, 0.15) is 0 Å². The standard InChI is InChI=1S/C26H31NO3/c1-4-30-21-10-9-20(24(15-21)18-5-7-19(8-6-18)26(28)29)14-23-16(2)13-17(3)25-22(23)11-12-27-25/h5-8,11-13,20-21,24,27H,4,9-10,14-15H2,1-3H3,(H,28,29). The van der Waals surface area contributed by atoms with E-state index in [0.717, 1.165) is 32.3 Å². The number of hydrogen-bond donors (Lipinski definition) is 2. The van der Waals surface area contributed by atoms with Gasteiger partial charge >= 0.3 is 5.97 Å². The summed E-state index contributed by atoms with van der Waals surface area (Å²) in [5.74, 6) is 0.00352. The highest BCUT2D eigenvalue weighted by Crippen LogP contribution is 2.42. The van der Waals surface area contributed by atoms with Gasteiger partial charge in [0.15, 0.2) is 0 Å². The number of carboxylic acid groups (broad SMARTS) is 1. The first-order valence-electron chi connectivity index (χ1n) is 11.0. The average molecular weight is 406 g/mol. The first kappa shape index (κ1) is 20.7. The fraction of sp³-hybridized carbons (Fsp3) is 0.423. The molecule has 0 bridgehead atoms. The number of aryl methyl sites for hydroxylation is 2. The van der Waals surface area contributed by atoms with Crippen LogP contribution >= 0.6 is 0 Å². The second-order valence-corrected chi connectivity index (χ2v) is 8.64. The van der Waals surface area contributed by atoms with Crippen molar-refractivity contribution in [3.63, 3.8) is 0 Å². The number of aromatic amines is 1. The summed E-state index contributed by atoms with van der Waals surface area (Å²) in [6.45, 7) is 7.18. The zero-order chi connectivity index (χ0) is 21.3. The van der Waals surface area contributed by atoms with Crippen LogP contribution in [0.15, 0.2) is 42.6 Å². The highest BCUT2D eigenvalue weighted by Gasteiger charge is 2.32. The minimum Gasteiger partial charge on any atom is -0.478 e. The fourth-order valence-corrected chi connectivity index (χ4v) is 5.28. The molecule has 1 aromatic heterocycles. The van der Waals surface area contributed by atoms with Crippen molar-refractivity contribution in [1.29, 1.82) is 0 Å². The van der Waals surface area contributed by atoms with Crippen LogP contribution in [0.5, 0.6) is 0 Å². The quantitative estimate of drug-likeness (QED) is 0.527. The van der Waals surface area contributed by atoms with Crippen molar-refractivity contribution >= 4 is 16.9 Å². The molecule has 3 aromatic rings. The van der Waals surface area contributed by atoms with Gasteiger partial charge in [-0.25, -0.2) is 4.79 Å². The number of benzene rings is 2. The minimum atomic E-state index is -0.876. The lowest BCUT2D eigenvalue weighted by Crippen LogP contribution is -2.30. The number of H-pyrrole nitrogens is 1. The molecule has 2 aromatic carbocycles. The molecule has 4 rings (SSSR count). The van der Waals surface area contributed by atoms with E-state index in [9.17, 15) is 9.90 Å². The molecule has 1 aliphatic carbocycles. The molecule has 1 aliphatic rings. The summed E-state index contributed by atoms with van der Waals surface area (Å²) in [6, 6.07) is 12.0. The van der Waals surface area contributed by atoms with E-state index in [4.69, 9.17) is 4.74 Å². The molecular weight excluding hydrogens is 374 g/mol. The van der Waals surface area contributed by atoms with Crippen LogP contribution in [0.1, 0.15) is 64.7 Å². The second-order valence-electron chi connectivity index (χ2n) is 8.64. The molecule has 2 N–H and O–H groups in total. The molecule has 4 heteroatoms. The predicted molar refractivity (Wildman–Crippen MR) is 120 cm³/mol. The Hall–Kier alpha value is -2.59. The number of ether oxygens (including phenoxy) is 1. The number of rotatable bonds is 6. The molecule has 0 spiro atoms. The number of aromatic nitrogens is 1. The molecule has 0 saturated heterocycles. The van der Waals surface area contributed by atoms with Crippen LogP contribution in [0.4, 0.5) is 0 Å². The zero-order valence-electron chi connectivity index (χ0n) is 18.1. The Bertz CT molecular complexity index is 1030. The van der Waals surface area contributed by atoms with Crippen molar-refractivity contribution in [2.45, 2.75) is 58.5 Å². The maximum atomic E-state index is 11.3. The van der Waals surface area contributed by atoms with Gasteiger partial charge in [0.05, 0.1) is 11.7 Å². The molecule has 30 heavy (non-hydrogen) atoms. The molecule has 1 heterocycles. The number of nitrogens with one attached hydrogen (secondary N) is 1. The van der Waals surface area contributed by atoms with E-state index in [1.54, 1.807) is 12.1 Å². The van der Waals surface area contributed by atoms with Crippen LogP contribution in [0.2, 0.25) is 0 Å². The fourth-order valence-electron chi connectivity index (χ4n) is 5.28. The second kappa shape index (κ2) is 8.65. The monoisotopic (exact) mass is 405 g/mol. The summed E-state index contributed by atoms with van der Waals surface area (Å²) < 4.78 is 5.99. The summed E-state index contributed by atoms with van der Waals surface area (Å²) in [4.78, 5) is 14.7. The lowest BCUT2D eigenvalue weighted by atomic mass is 9.71. The largest absolute Gasteiger partial charge is 0.478 e. The molecular formula is C26H31NO3. The molecule has 3 unspecified atom stereocenters. The third kappa shape index (κ3) is 4.01. The third-order valence-electron chi connectivity index (χ3n) is 6.78. The summed E-state index contributed by atoms with van der Waals surface area (Å²) in [6.07, 6.45) is 6.55. The maximum absolute atomic E-state index is 11.3. The average Bonchev–Trinajstić information content (AvgIpc) is 3.22. The Labute approximate surface area is 178 Å². The highest BCUT2D eigenvalue weighted by molar-refractivity contribution is 5.88. The van der Waals surface area contributed by atoms with E-state index in [2.05, 4.69) is 37.9 Å². The molecule has 4 nitrogen and oxygen atoms in total. The normalized spacial score (nSPS) is 21.8. The van der Waals surface area contributed by atoms with Gasteiger partial charge < -0.3 is 14.8 Å². The molecule has 158 valence electrons. The number of carboxylic acids is 1. The summed E-state index contributed by atoms with van der Waals surface area (Å²) in [5, 5.41) is 10.6. The summed E-state index contributed by atoms with van der Waals surface area (Å²) >= 11 is 0. The van der Waals surface area contributed by atoms with Crippen molar-refractivity contribution in [3.05, 3.63) is 70.4 Å². The first-order valence-corrected chi connectivity index (χ1v) is 11.0. The van der Waals surface area contributed by atoms with Gasteiger partial charge in [0.2, 0.25) is 0 Å². The van der Waals surface area contributed by atoms with Gasteiger partial charge in [-0.15, -0.1) is 0 Å². The molecule has 1 fully saturated rings. The van der Waals surface area contributed by atoms with Crippen LogP contribution in [-0.4, -0.2) is 28.8 Å². The van der Waals surface area contributed by atoms with E-state index in [1.165, 1.54) is 33.2 Å². The van der Waals surface area contributed by atoms with Gasteiger partial charge in [-0.3, -0.25) is 0 Å². The van der Waals surface area contributed by atoms with Gasteiger partial charge in [0, 0.05) is 23.7 Å². The molecule has 3 atom stereocenters. The Balaban J connectivity index is 1.67. The number of aromatic carboxylic acids is 1. The van der Waals surface area contributed by atoms with Crippen molar-refractivity contribution in [2.75, 3.05) is 6.61 Å². The maximum Gasteiger partial charge on any atom is 0.335 e. The number of fused-ring (bicyclic) bond motifs is 1. The summed E-state index contributed by atoms with van der Waals surface area (Å²) in [5.41, 5.74) is 6.88. The summed E-state index contributed by atoms with van der Waals surface area (Å²) in [7, 11) is 0. The van der Waals surface area contributed by atoms with Crippen LogP contribution in [0.3, 0.4) is 0 Å². The van der Waals surface area contributed by atoms with Crippen molar-refractivity contribution in [1.82, 2.24) is 4.98 Å². The van der Waals surface area contributed by atoms with E-state index >= 15 is 0 Å². The van der Waals surface area contributed by atoms with Gasteiger partial charge in [-0.05, 0) is 98.7 Å². The first-order chi connectivity index (χ1) is 14.5. The smallest absolute Gasteiger partial charge is 0.335 e. The van der Waals surface area contributed by atoms with Crippen LogP contribution in [0, 0.1) is 19.8 Å². The number of hydrogen-bond acceptors (Lipinski definition) is 2. The van der Waals surface area contributed by atoms with Crippen molar-refractivity contribution in [2.24, 2.45) is 5.92 Å². The topological polar surface area (TPSA) is 62.3 Å². The van der Waals surface area contributed by atoms with Crippen molar-refractivity contribution < 1.29 is 14.6 Å². The predicted octanol–water partition coefficient (Wildman–Crippen LogP) is 6.01.